The van der Waals surface area contributed by atoms with Gasteiger partial charge in [-0.3, -0.25) is 0 Å². The Labute approximate surface area is 165 Å². The Balaban J connectivity index is 0.00000102. The lowest BCUT2D eigenvalue weighted by atomic mass is 9.71. The second-order valence-electron chi connectivity index (χ2n) is 7.49. The highest BCUT2D eigenvalue weighted by Crippen LogP contribution is 2.48. The van der Waals surface area contributed by atoms with Gasteiger partial charge in [0.15, 0.2) is 0 Å². The first kappa shape index (κ1) is 20.3. The zero-order chi connectivity index (χ0) is 19.4. The van der Waals surface area contributed by atoms with E-state index in [4.69, 9.17) is 8.39 Å². The van der Waals surface area contributed by atoms with Crippen molar-refractivity contribution in [3.8, 4) is 0 Å². The maximum Gasteiger partial charge on any atom is 0.213 e. The van der Waals surface area contributed by atoms with Gasteiger partial charge in [0.05, 0.1) is 0 Å². The first-order valence-corrected chi connectivity index (χ1v) is 12.5. The molecule has 2 aliphatic carbocycles. The van der Waals surface area contributed by atoms with Crippen molar-refractivity contribution in [1.82, 2.24) is 0 Å². The van der Waals surface area contributed by atoms with Crippen LogP contribution >= 0.6 is 8.01 Å². The molecular formula is C24H35O2P. The summed E-state index contributed by atoms with van der Waals surface area (Å²) in [6.45, 7) is 10.6. The van der Waals surface area contributed by atoms with Gasteiger partial charge in [-0.2, -0.15) is 0 Å². The molecule has 1 aromatic heterocycles. The van der Waals surface area contributed by atoms with Gasteiger partial charge in [-0.25, -0.2) is 0 Å². The van der Waals surface area contributed by atoms with E-state index < -0.39 is 8.01 Å². The highest BCUT2D eigenvalue weighted by Gasteiger charge is 2.32. The normalized spacial score (nSPS) is 21.1. The quantitative estimate of drug-likeness (QED) is 0.528. The third-order valence-electron chi connectivity index (χ3n) is 5.93. The third kappa shape index (κ3) is 3.92. The second-order valence-corrected chi connectivity index (χ2v) is 8.74. The molecular weight excluding hydrogens is 351 g/mol. The van der Waals surface area contributed by atoms with Crippen LogP contribution in [0.5, 0.6) is 0 Å². The Bertz CT molecular complexity index is 848. The molecule has 4 rings (SSSR count). The van der Waals surface area contributed by atoms with Gasteiger partial charge in [-0.15, -0.1) is 0 Å². The minimum absolute atomic E-state index is 0.598. The first-order chi connectivity index (χ1) is 13.2. The molecule has 1 saturated carbocycles. The third-order valence-corrected chi connectivity index (χ3v) is 6.83. The Morgan fingerprint density at radius 3 is 2.59 bits per heavy atom. The van der Waals surface area contributed by atoms with Gasteiger partial charge in [0.25, 0.3) is 0 Å². The molecule has 1 heterocycles. The molecule has 0 spiro atoms. The van der Waals surface area contributed by atoms with E-state index in [2.05, 4.69) is 44.8 Å². The highest BCUT2D eigenvalue weighted by molar-refractivity contribution is 7.34. The largest absolute Gasteiger partial charge is 0.420 e. The van der Waals surface area contributed by atoms with Crippen LogP contribution in [0.15, 0.2) is 26.6 Å². The van der Waals surface area contributed by atoms with Gasteiger partial charge in [0.2, 0.25) is 8.01 Å². The maximum atomic E-state index is 6.29. The molecule has 27 heavy (non-hydrogen) atoms. The van der Waals surface area contributed by atoms with Crippen LogP contribution in [0.2, 0.25) is 0 Å². The lowest BCUT2D eigenvalue weighted by molar-refractivity contribution is 0.356. The Kier molecular flexibility index (Phi) is 6.93. The van der Waals surface area contributed by atoms with Crippen LogP contribution in [0, 0.1) is 5.92 Å². The number of aryl methyl sites for hydroxylation is 3. The van der Waals surface area contributed by atoms with E-state index in [1.807, 2.05) is 13.8 Å². The summed E-state index contributed by atoms with van der Waals surface area (Å²) in [4.78, 5) is 0. The van der Waals surface area contributed by atoms with Crippen LogP contribution in [-0.4, -0.2) is 0 Å². The first-order valence-electron chi connectivity index (χ1n) is 10.9. The number of fused-ring (bicyclic) bond motifs is 5. The van der Waals surface area contributed by atoms with E-state index in [1.165, 1.54) is 47.8 Å². The molecule has 2 aromatic rings. The van der Waals surface area contributed by atoms with Crippen LogP contribution in [-0.2, 0) is 19.5 Å². The maximum absolute atomic E-state index is 6.29. The molecule has 3 atom stereocenters. The lowest BCUT2D eigenvalue weighted by Gasteiger charge is -2.33. The molecule has 2 aliphatic rings. The van der Waals surface area contributed by atoms with Gasteiger partial charge in [-0.05, 0) is 60.8 Å². The smallest absolute Gasteiger partial charge is 0.213 e. The fraction of sp³-hybridized carbons (Fsp3) is 0.583. The molecule has 0 amide bonds. The van der Waals surface area contributed by atoms with Gasteiger partial charge < -0.3 is 8.39 Å². The van der Waals surface area contributed by atoms with Gasteiger partial charge in [0.1, 0.15) is 11.3 Å². The summed E-state index contributed by atoms with van der Waals surface area (Å²) in [6.07, 6.45) is 13.3. The fourth-order valence-electron chi connectivity index (χ4n) is 4.82. The monoisotopic (exact) mass is 386 g/mol. The van der Waals surface area contributed by atoms with Crippen LogP contribution < -0.4 is 0 Å². The number of rotatable bonds is 3. The van der Waals surface area contributed by atoms with Gasteiger partial charge in [0, 0.05) is 17.6 Å². The summed E-state index contributed by atoms with van der Waals surface area (Å²) in [5.74, 6) is 2.35. The average Bonchev–Trinajstić information content (AvgIpc) is 2.85. The van der Waals surface area contributed by atoms with Crippen molar-refractivity contribution in [3.63, 3.8) is 0 Å². The van der Waals surface area contributed by atoms with Crippen molar-refractivity contribution in [2.24, 2.45) is 12.6 Å². The van der Waals surface area contributed by atoms with Crippen molar-refractivity contribution in [2.45, 2.75) is 78.6 Å². The molecule has 0 radical (unpaired) electrons. The van der Waals surface area contributed by atoms with Crippen molar-refractivity contribution in [1.29, 1.82) is 0 Å². The SMILES string of the molecule is CC.CCCc1c(CC)ccc2op(C)oc3c(c12)C1CCCCC1C=C3. The summed E-state index contributed by atoms with van der Waals surface area (Å²) in [5.41, 5.74) is 5.48. The standard InChI is InChI=1S/C22H29O2P.C2H6/c1-4-8-17-15(5-2)11-13-19-21(17)22-18-10-7-6-9-16(18)12-14-20(22)24-25(3)23-19;1-2/h11-14,16,18H,4-10H2,1-3H3;1-2H3. The molecule has 0 aliphatic heterocycles. The predicted molar refractivity (Wildman–Crippen MR) is 118 cm³/mol. The minimum Gasteiger partial charge on any atom is -0.420 e. The molecule has 0 bridgehead atoms. The average molecular weight is 387 g/mol. The highest BCUT2D eigenvalue weighted by atomic mass is 31.1. The zero-order valence-electron chi connectivity index (χ0n) is 17.7. The summed E-state index contributed by atoms with van der Waals surface area (Å²) < 4.78 is 12.6. The molecule has 2 nitrogen and oxygen atoms in total. The number of allylic oxidation sites excluding steroid dienone is 1. The molecule has 0 saturated heterocycles. The molecule has 3 unspecified atom stereocenters. The zero-order valence-corrected chi connectivity index (χ0v) is 18.6. The van der Waals surface area contributed by atoms with Gasteiger partial charge >= 0.3 is 0 Å². The van der Waals surface area contributed by atoms with E-state index in [1.54, 1.807) is 0 Å². The number of hydrogen-bond donors (Lipinski definition) is 0. The van der Waals surface area contributed by atoms with Crippen LogP contribution in [0.1, 0.15) is 88.2 Å². The molecule has 1 aromatic carbocycles. The Hall–Kier alpha value is -1.40. The van der Waals surface area contributed by atoms with Crippen LogP contribution in [0.25, 0.3) is 17.0 Å². The number of benzene rings is 1. The number of hydrogen-bond acceptors (Lipinski definition) is 2. The topological polar surface area (TPSA) is 26.3 Å². The van der Waals surface area contributed by atoms with E-state index >= 15 is 0 Å². The van der Waals surface area contributed by atoms with Crippen molar-refractivity contribution < 1.29 is 8.39 Å². The Morgan fingerprint density at radius 2 is 1.85 bits per heavy atom. The van der Waals surface area contributed by atoms with Crippen molar-refractivity contribution in [3.05, 3.63) is 40.7 Å². The molecule has 1 fully saturated rings. The summed E-state index contributed by atoms with van der Waals surface area (Å²) in [6, 6.07) is 4.47. The van der Waals surface area contributed by atoms with E-state index in [-0.39, 0.29) is 0 Å². The van der Waals surface area contributed by atoms with E-state index in [0.717, 1.165) is 30.6 Å². The molecule has 3 heteroatoms. The van der Waals surface area contributed by atoms with Gasteiger partial charge in [-0.1, -0.05) is 59.1 Å². The van der Waals surface area contributed by atoms with Crippen LogP contribution in [0.4, 0.5) is 0 Å². The van der Waals surface area contributed by atoms with E-state index in [9.17, 15) is 0 Å². The predicted octanol–water partition coefficient (Wildman–Crippen LogP) is 8.52. The van der Waals surface area contributed by atoms with Crippen LogP contribution in [0.3, 0.4) is 0 Å². The summed E-state index contributed by atoms with van der Waals surface area (Å²) >= 11 is 0. The Morgan fingerprint density at radius 1 is 1.07 bits per heavy atom. The summed E-state index contributed by atoms with van der Waals surface area (Å²) in [5, 5.41) is 1.38. The molecule has 0 N–H and O–H groups in total. The lowest BCUT2D eigenvalue weighted by Crippen LogP contribution is -2.19. The second kappa shape index (κ2) is 9.20. The van der Waals surface area contributed by atoms with Crippen molar-refractivity contribution >= 4 is 25.1 Å². The van der Waals surface area contributed by atoms with Crippen molar-refractivity contribution in [2.75, 3.05) is 0 Å². The minimum atomic E-state index is -0.918. The fourth-order valence-corrected chi connectivity index (χ4v) is 5.73. The molecule has 148 valence electrons. The summed E-state index contributed by atoms with van der Waals surface area (Å²) in [7, 11) is -0.918. The van der Waals surface area contributed by atoms with E-state index in [0.29, 0.717) is 11.8 Å².